The van der Waals surface area contributed by atoms with Gasteiger partial charge in [0.15, 0.2) is 6.23 Å². The maximum atomic E-state index is 12.4. The highest BCUT2D eigenvalue weighted by atomic mass is 79.9. The Balaban J connectivity index is 1.25. The first-order valence-electron chi connectivity index (χ1n) is 13.6. The van der Waals surface area contributed by atoms with Crippen LogP contribution in [0.2, 0.25) is 0 Å². The highest BCUT2D eigenvalue weighted by Gasteiger charge is 2.31. The van der Waals surface area contributed by atoms with Gasteiger partial charge in [0.2, 0.25) is 0 Å². The van der Waals surface area contributed by atoms with Gasteiger partial charge in [0, 0.05) is 29.6 Å². The van der Waals surface area contributed by atoms with Crippen LogP contribution in [0.3, 0.4) is 0 Å². The van der Waals surface area contributed by atoms with Crippen molar-refractivity contribution in [1.82, 2.24) is 14.7 Å². The van der Waals surface area contributed by atoms with Gasteiger partial charge in [-0.25, -0.2) is 9.48 Å². The number of benzene rings is 1. The molecule has 0 saturated carbocycles. The zero-order valence-corrected chi connectivity index (χ0v) is 24.5. The Hall–Kier alpha value is -1.68. The summed E-state index contributed by atoms with van der Waals surface area (Å²) in [5.74, 6) is 0. The summed E-state index contributed by atoms with van der Waals surface area (Å²) in [6.45, 7) is 12.8. The Labute approximate surface area is 229 Å². The molecule has 2 aliphatic rings. The average molecular weight is 581 g/mol. The standard InChI is InChI=1S/C28H42BrN3O5/c1-19-16-23-22(17-30-32(23)25-11-7-9-14-36-25)26(29)21(19)10-6-8-13-34-20(2)24-18-31(12-15-35-24)27(33)37-28(3,4)5/h16-17,20,24-25H,6-15,18H2,1-5H3. The number of hydrogen-bond acceptors (Lipinski definition) is 6. The third kappa shape index (κ3) is 7.25. The van der Waals surface area contributed by atoms with Crippen LogP contribution in [0.25, 0.3) is 10.9 Å². The number of hydrogen-bond donors (Lipinski definition) is 0. The van der Waals surface area contributed by atoms with E-state index in [0.717, 1.165) is 54.1 Å². The van der Waals surface area contributed by atoms with Crippen LogP contribution in [0.15, 0.2) is 16.7 Å². The van der Waals surface area contributed by atoms with Gasteiger partial charge < -0.3 is 23.8 Å². The van der Waals surface area contributed by atoms with E-state index >= 15 is 0 Å². The number of aromatic nitrogens is 2. The van der Waals surface area contributed by atoms with Crippen LogP contribution in [0.5, 0.6) is 0 Å². The summed E-state index contributed by atoms with van der Waals surface area (Å²) in [4.78, 5) is 14.1. The molecule has 3 unspecified atom stereocenters. The van der Waals surface area contributed by atoms with Crippen LogP contribution in [-0.4, -0.2) is 71.5 Å². The maximum absolute atomic E-state index is 12.4. The molecular formula is C28H42BrN3O5. The fraction of sp³-hybridized carbons (Fsp3) is 0.714. The highest BCUT2D eigenvalue weighted by Crippen LogP contribution is 2.34. The van der Waals surface area contributed by atoms with Crippen molar-refractivity contribution in [1.29, 1.82) is 0 Å². The van der Waals surface area contributed by atoms with E-state index < -0.39 is 5.60 Å². The minimum atomic E-state index is -0.505. The number of amides is 1. The molecule has 2 aliphatic heterocycles. The molecule has 2 fully saturated rings. The number of ether oxygens (including phenoxy) is 4. The van der Waals surface area contributed by atoms with Gasteiger partial charge in [-0.3, -0.25) is 0 Å². The van der Waals surface area contributed by atoms with Crippen molar-refractivity contribution >= 4 is 32.9 Å². The molecule has 0 aliphatic carbocycles. The largest absolute Gasteiger partial charge is 0.444 e. The maximum Gasteiger partial charge on any atom is 0.410 e. The molecule has 1 aromatic carbocycles. The number of carbonyl (C=O) groups excluding carboxylic acids is 1. The normalized spacial score (nSPS) is 21.8. The van der Waals surface area contributed by atoms with Crippen molar-refractivity contribution < 1.29 is 23.7 Å². The van der Waals surface area contributed by atoms with Crippen LogP contribution < -0.4 is 0 Å². The van der Waals surface area contributed by atoms with Gasteiger partial charge in [0.05, 0.1) is 31.0 Å². The zero-order valence-electron chi connectivity index (χ0n) is 22.9. The Kier molecular flexibility index (Phi) is 9.53. The molecular weight excluding hydrogens is 538 g/mol. The number of carbonyl (C=O) groups is 1. The highest BCUT2D eigenvalue weighted by molar-refractivity contribution is 9.10. The number of aryl methyl sites for hydroxylation is 1. The van der Waals surface area contributed by atoms with Crippen LogP contribution in [0, 0.1) is 6.92 Å². The van der Waals surface area contributed by atoms with Gasteiger partial charge in [-0.1, -0.05) is 0 Å². The quantitative estimate of drug-likeness (QED) is 0.348. The third-order valence-corrected chi connectivity index (χ3v) is 7.97. The van der Waals surface area contributed by atoms with Crippen molar-refractivity contribution in [3.8, 4) is 0 Å². The van der Waals surface area contributed by atoms with E-state index in [1.807, 2.05) is 38.6 Å². The molecule has 0 N–H and O–H groups in total. The summed E-state index contributed by atoms with van der Waals surface area (Å²) < 4.78 is 26.7. The zero-order chi connectivity index (χ0) is 26.6. The molecule has 1 aromatic heterocycles. The number of fused-ring (bicyclic) bond motifs is 1. The Bertz CT molecular complexity index is 1060. The van der Waals surface area contributed by atoms with Gasteiger partial charge in [0.25, 0.3) is 0 Å². The summed E-state index contributed by atoms with van der Waals surface area (Å²) >= 11 is 3.87. The predicted octanol–water partition coefficient (Wildman–Crippen LogP) is 6.17. The lowest BCUT2D eigenvalue weighted by molar-refractivity contribution is -0.105. The van der Waals surface area contributed by atoms with Crippen molar-refractivity contribution in [2.45, 2.75) is 97.2 Å². The van der Waals surface area contributed by atoms with Gasteiger partial charge in [-0.2, -0.15) is 5.10 Å². The molecule has 4 rings (SSSR count). The Morgan fingerprint density at radius 2 is 2.05 bits per heavy atom. The molecule has 2 saturated heterocycles. The summed E-state index contributed by atoms with van der Waals surface area (Å²) in [5.41, 5.74) is 3.22. The van der Waals surface area contributed by atoms with E-state index in [4.69, 9.17) is 18.9 Å². The Morgan fingerprint density at radius 3 is 2.78 bits per heavy atom. The topological polar surface area (TPSA) is 75.1 Å². The molecule has 3 heterocycles. The second-order valence-corrected chi connectivity index (χ2v) is 12.0. The molecule has 1 amide bonds. The lowest BCUT2D eigenvalue weighted by atomic mass is 10.0. The lowest BCUT2D eigenvalue weighted by Crippen LogP contribution is -2.51. The molecule has 9 heteroatoms. The van der Waals surface area contributed by atoms with E-state index in [0.29, 0.717) is 26.3 Å². The van der Waals surface area contributed by atoms with Gasteiger partial charge in [0.1, 0.15) is 11.7 Å². The predicted molar refractivity (Wildman–Crippen MR) is 147 cm³/mol. The van der Waals surface area contributed by atoms with Crippen molar-refractivity contribution in [2.24, 2.45) is 0 Å². The summed E-state index contributed by atoms with van der Waals surface area (Å²) in [6.07, 6.45) is 7.72. The van der Waals surface area contributed by atoms with Crippen molar-refractivity contribution in [2.75, 3.05) is 32.9 Å². The lowest BCUT2D eigenvalue weighted by Gasteiger charge is -2.36. The van der Waals surface area contributed by atoms with Crippen LogP contribution in [-0.2, 0) is 25.4 Å². The van der Waals surface area contributed by atoms with Crippen LogP contribution >= 0.6 is 15.9 Å². The molecule has 0 spiro atoms. The monoisotopic (exact) mass is 579 g/mol. The number of rotatable bonds is 8. The Morgan fingerprint density at radius 1 is 1.24 bits per heavy atom. The minimum absolute atomic E-state index is 0.0342. The smallest absolute Gasteiger partial charge is 0.410 e. The molecule has 0 radical (unpaired) electrons. The summed E-state index contributed by atoms with van der Waals surface area (Å²) in [5, 5.41) is 5.81. The van der Waals surface area contributed by atoms with Gasteiger partial charge >= 0.3 is 6.09 Å². The number of unbranched alkanes of at least 4 members (excludes halogenated alkanes) is 1. The molecule has 0 bridgehead atoms. The molecule has 37 heavy (non-hydrogen) atoms. The molecule has 2 aromatic rings. The first-order valence-corrected chi connectivity index (χ1v) is 14.4. The number of morpholine rings is 1. The van der Waals surface area contributed by atoms with E-state index in [2.05, 4.69) is 34.0 Å². The first-order chi connectivity index (χ1) is 17.6. The number of halogens is 1. The van der Waals surface area contributed by atoms with Crippen LogP contribution in [0.4, 0.5) is 4.79 Å². The molecule has 3 atom stereocenters. The second kappa shape index (κ2) is 12.5. The number of nitrogens with zero attached hydrogens (tertiary/aromatic N) is 3. The summed E-state index contributed by atoms with van der Waals surface area (Å²) in [7, 11) is 0. The molecule has 206 valence electrons. The van der Waals surface area contributed by atoms with Crippen molar-refractivity contribution in [3.63, 3.8) is 0 Å². The SMILES string of the molecule is Cc1cc2c(cnn2C2CCCCO2)c(Br)c1CCCCOC(C)C1CN(C(=O)OC(C)(C)C)CCO1. The van der Waals surface area contributed by atoms with E-state index in [9.17, 15) is 4.79 Å². The first kappa shape index (κ1) is 28.3. The second-order valence-electron chi connectivity index (χ2n) is 11.2. The van der Waals surface area contributed by atoms with Gasteiger partial charge in [-0.05, 0) is 106 Å². The fourth-order valence-electron chi connectivity index (χ4n) is 5.00. The van der Waals surface area contributed by atoms with E-state index in [1.54, 1.807) is 4.90 Å². The van der Waals surface area contributed by atoms with E-state index in [1.165, 1.54) is 17.5 Å². The van der Waals surface area contributed by atoms with Crippen molar-refractivity contribution in [3.05, 3.63) is 27.9 Å². The van der Waals surface area contributed by atoms with E-state index in [-0.39, 0.29) is 24.5 Å². The minimum Gasteiger partial charge on any atom is -0.444 e. The molecule has 8 nitrogen and oxygen atoms in total. The van der Waals surface area contributed by atoms with Crippen LogP contribution in [0.1, 0.15) is 77.2 Å². The van der Waals surface area contributed by atoms with Gasteiger partial charge in [-0.15, -0.1) is 0 Å². The third-order valence-electron chi connectivity index (χ3n) is 7.06. The fourth-order valence-corrected chi connectivity index (χ4v) is 5.81. The average Bonchev–Trinajstić information content (AvgIpc) is 3.29. The summed E-state index contributed by atoms with van der Waals surface area (Å²) in [6, 6.07) is 2.25.